The van der Waals surface area contributed by atoms with Crippen LogP contribution in [0.5, 0.6) is 0 Å². The van der Waals surface area contributed by atoms with Gasteiger partial charge in [-0.15, -0.1) is 0 Å². The number of allylic oxidation sites excluding steroid dienone is 4. The Kier molecular flexibility index (Phi) is 3.47. The topological polar surface area (TPSA) is 34.1 Å². The number of halogens is 1. The molecule has 0 heterocycles. The minimum atomic E-state index is -1.02. The number of ketones is 2. The first-order valence-corrected chi connectivity index (χ1v) is 9.37. The summed E-state index contributed by atoms with van der Waals surface area (Å²) in [5.74, 6) is 1.53. The molecule has 0 N–H and O–H groups in total. The van der Waals surface area contributed by atoms with Crippen LogP contribution in [0.25, 0.3) is 0 Å². The SMILES string of the molecule is CC(=O)[C@H]1CC[C@H]2[C@@H]3C[C@H](F)C4=CC(=O)C=C[C@]4(C)[C@H]3CC[C@]12C. The number of Topliss-reactive ketones (excluding diaryl/α,β-unsaturated/α-hetero) is 1. The Bertz CT molecular complexity index is 663. The molecular formula is C21H27FO2. The molecule has 0 bridgehead atoms. The van der Waals surface area contributed by atoms with Crippen molar-refractivity contribution >= 4 is 11.6 Å². The molecule has 0 saturated heterocycles. The second-order valence-electron chi connectivity index (χ2n) is 8.98. The largest absolute Gasteiger partial charge is 0.300 e. The van der Waals surface area contributed by atoms with Crippen molar-refractivity contribution in [3.8, 4) is 0 Å². The van der Waals surface area contributed by atoms with Gasteiger partial charge in [0.25, 0.3) is 0 Å². The van der Waals surface area contributed by atoms with Crippen LogP contribution in [-0.4, -0.2) is 17.7 Å². The molecule has 0 amide bonds. The molecule has 3 saturated carbocycles. The average molecular weight is 330 g/mol. The molecule has 24 heavy (non-hydrogen) atoms. The lowest BCUT2D eigenvalue weighted by atomic mass is 9.47. The molecule has 4 rings (SSSR count). The number of alkyl halides is 1. The highest BCUT2D eigenvalue weighted by Crippen LogP contribution is 2.66. The molecule has 7 atom stereocenters. The summed E-state index contributed by atoms with van der Waals surface area (Å²) in [7, 11) is 0. The second-order valence-corrected chi connectivity index (χ2v) is 8.98. The van der Waals surface area contributed by atoms with Crippen molar-refractivity contribution in [3.63, 3.8) is 0 Å². The molecular weight excluding hydrogens is 303 g/mol. The maximum absolute atomic E-state index is 15.0. The first kappa shape index (κ1) is 16.2. The Labute approximate surface area is 143 Å². The van der Waals surface area contributed by atoms with Crippen LogP contribution >= 0.6 is 0 Å². The molecule has 3 fully saturated rings. The normalized spacial score (nSPS) is 49.9. The third-order valence-electron chi connectivity index (χ3n) is 8.03. The molecule has 0 aromatic carbocycles. The summed E-state index contributed by atoms with van der Waals surface area (Å²) < 4.78 is 15.0. The smallest absolute Gasteiger partial charge is 0.178 e. The molecule has 0 spiro atoms. The Morgan fingerprint density at radius 3 is 2.67 bits per heavy atom. The third kappa shape index (κ3) is 1.99. The van der Waals surface area contributed by atoms with E-state index in [4.69, 9.17) is 0 Å². The lowest BCUT2D eigenvalue weighted by molar-refractivity contribution is -0.127. The Morgan fingerprint density at radius 2 is 1.96 bits per heavy atom. The minimum Gasteiger partial charge on any atom is -0.300 e. The number of hydrogen-bond donors (Lipinski definition) is 0. The van der Waals surface area contributed by atoms with Gasteiger partial charge < -0.3 is 0 Å². The van der Waals surface area contributed by atoms with E-state index in [9.17, 15) is 9.59 Å². The van der Waals surface area contributed by atoms with Gasteiger partial charge in [0.05, 0.1) is 0 Å². The second kappa shape index (κ2) is 5.12. The summed E-state index contributed by atoms with van der Waals surface area (Å²) in [6, 6.07) is 0. The summed E-state index contributed by atoms with van der Waals surface area (Å²) in [5.41, 5.74) is 0.408. The standard InChI is InChI=1S/C21H27FO2/c1-12(23)15-4-5-16-14-11-19(22)18-10-13(24)6-8-21(18,3)17(14)7-9-20(15,16)2/h6,8,10,14-17,19H,4-5,7,9,11H2,1-3H3/t14-,15+,16-,17-,19-,20+,21+/m0/s1. The summed E-state index contributed by atoms with van der Waals surface area (Å²) in [4.78, 5) is 23.9. The zero-order valence-corrected chi connectivity index (χ0v) is 14.8. The van der Waals surface area contributed by atoms with Crippen molar-refractivity contribution in [3.05, 3.63) is 23.8 Å². The summed E-state index contributed by atoms with van der Waals surface area (Å²) in [6.07, 6.45) is 8.72. The predicted octanol–water partition coefficient (Wildman–Crippen LogP) is 4.45. The summed E-state index contributed by atoms with van der Waals surface area (Å²) in [6.45, 7) is 6.11. The van der Waals surface area contributed by atoms with Gasteiger partial charge in [0, 0.05) is 11.3 Å². The van der Waals surface area contributed by atoms with Crippen LogP contribution in [0.4, 0.5) is 4.39 Å². The zero-order valence-electron chi connectivity index (χ0n) is 14.8. The summed E-state index contributed by atoms with van der Waals surface area (Å²) >= 11 is 0. The van der Waals surface area contributed by atoms with Crippen LogP contribution in [0, 0.1) is 34.5 Å². The van der Waals surface area contributed by atoms with Crippen LogP contribution < -0.4 is 0 Å². The molecule has 4 aliphatic rings. The maximum Gasteiger partial charge on any atom is 0.178 e. The van der Waals surface area contributed by atoms with Crippen LogP contribution in [0.2, 0.25) is 0 Å². The molecule has 2 nitrogen and oxygen atoms in total. The van der Waals surface area contributed by atoms with Crippen molar-refractivity contribution in [2.24, 2.45) is 34.5 Å². The van der Waals surface area contributed by atoms with Crippen molar-refractivity contribution < 1.29 is 14.0 Å². The number of carbonyl (C=O) groups excluding carboxylic acids is 2. The first-order chi connectivity index (χ1) is 11.3. The number of fused-ring (bicyclic) bond motifs is 5. The first-order valence-electron chi connectivity index (χ1n) is 9.37. The molecule has 4 aliphatic carbocycles. The van der Waals surface area contributed by atoms with Crippen molar-refractivity contribution in [2.45, 2.75) is 59.0 Å². The van der Waals surface area contributed by atoms with Gasteiger partial charge >= 0.3 is 0 Å². The van der Waals surface area contributed by atoms with Gasteiger partial charge in [-0.25, -0.2) is 4.39 Å². The van der Waals surface area contributed by atoms with Gasteiger partial charge in [0.2, 0.25) is 0 Å². The van der Waals surface area contributed by atoms with Crippen LogP contribution in [0.1, 0.15) is 52.9 Å². The van der Waals surface area contributed by atoms with Gasteiger partial charge in [-0.3, -0.25) is 9.59 Å². The van der Waals surface area contributed by atoms with Gasteiger partial charge in [-0.2, -0.15) is 0 Å². The monoisotopic (exact) mass is 330 g/mol. The van der Waals surface area contributed by atoms with Gasteiger partial charge in [0.1, 0.15) is 12.0 Å². The predicted molar refractivity (Wildman–Crippen MR) is 91.1 cm³/mol. The molecule has 130 valence electrons. The quantitative estimate of drug-likeness (QED) is 0.712. The van der Waals surface area contributed by atoms with Gasteiger partial charge in [0.15, 0.2) is 5.78 Å². The highest BCUT2D eigenvalue weighted by Gasteiger charge is 2.60. The van der Waals surface area contributed by atoms with Crippen LogP contribution in [-0.2, 0) is 9.59 Å². The van der Waals surface area contributed by atoms with E-state index < -0.39 is 6.17 Å². The Hall–Kier alpha value is -1.25. The van der Waals surface area contributed by atoms with Gasteiger partial charge in [-0.05, 0) is 79.9 Å². The van der Waals surface area contributed by atoms with E-state index >= 15 is 4.39 Å². The number of rotatable bonds is 1. The Morgan fingerprint density at radius 1 is 1.21 bits per heavy atom. The fraction of sp³-hybridized carbons (Fsp3) is 0.714. The molecule has 0 unspecified atom stereocenters. The lowest BCUT2D eigenvalue weighted by Gasteiger charge is -2.57. The maximum atomic E-state index is 15.0. The van der Waals surface area contributed by atoms with E-state index in [1.807, 2.05) is 6.08 Å². The van der Waals surface area contributed by atoms with E-state index in [1.165, 1.54) is 0 Å². The highest BCUT2D eigenvalue weighted by molar-refractivity contribution is 6.01. The molecule has 0 aromatic heterocycles. The molecule has 0 radical (unpaired) electrons. The summed E-state index contributed by atoms with van der Waals surface area (Å²) in [5, 5.41) is 0. The van der Waals surface area contributed by atoms with Crippen molar-refractivity contribution in [1.29, 1.82) is 0 Å². The van der Waals surface area contributed by atoms with E-state index in [2.05, 4.69) is 13.8 Å². The van der Waals surface area contributed by atoms with E-state index in [0.29, 0.717) is 35.5 Å². The van der Waals surface area contributed by atoms with Crippen molar-refractivity contribution in [1.82, 2.24) is 0 Å². The molecule has 0 aliphatic heterocycles. The highest BCUT2D eigenvalue weighted by atomic mass is 19.1. The number of hydrogen-bond acceptors (Lipinski definition) is 2. The van der Waals surface area contributed by atoms with E-state index in [1.54, 1.807) is 19.1 Å². The molecule has 3 heteroatoms. The average Bonchev–Trinajstić information content (AvgIpc) is 2.87. The lowest BCUT2D eigenvalue weighted by Crippen LogP contribution is -2.52. The van der Waals surface area contributed by atoms with Crippen LogP contribution in [0.3, 0.4) is 0 Å². The van der Waals surface area contributed by atoms with Crippen LogP contribution in [0.15, 0.2) is 23.8 Å². The van der Waals surface area contributed by atoms with E-state index in [-0.39, 0.29) is 22.5 Å². The van der Waals surface area contributed by atoms with Gasteiger partial charge in [-0.1, -0.05) is 19.9 Å². The van der Waals surface area contributed by atoms with E-state index in [0.717, 1.165) is 25.7 Å². The third-order valence-corrected chi connectivity index (χ3v) is 8.03. The minimum absolute atomic E-state index is 0.0402. The fourth-order valence-corrected chi connectivity index (χ4v) is 6.87. The molecule has 0 aromatic rings. The number of carbonyl (C=O) groups is 2. The fourth-order valence-electron chi connectivity index (χ4n) is 6.87. The van der Waals surface area contributed by atoms with Crippen molar-refractivity contribution in [2.75, 3.05) is 0 Å². The zero-order chi connectivity index (χ0) is 17.3. The Balaban J connectivity index is 1.72.